The van der Waals surface area contributed by atoms with Gasteiger partial charge in [0.25, 0.3) is 5.91 Å². The third-order valence-electron chi connectivity index (χ3n) is 2.95. The Labute approximate surface area is 93.4 Å². The highest BCUT2D eigenvalue weighted by Crippen LogP contribution is 2.11. The molecule has 0 aromatic rings. The number of amides is 4. The van der Waals surface area contributed by atoms with E-state index in [1.165, 1.54) is 0 Å². The average molecular weight is 225 g/mol. The summed E-state index contributed by atoms with van der Waals surface area (Å²) in [7, 11) is 0. The van der Waals surface area contributed by atoms with Gasteiger partial charge in [0.15, 0.2) is 0 Å². The highest BCUT2D eigenvalue weighted by Gasteiger charge is 2.32. The first kappa shape index (κ1) is 10.9. The molecule has 2 aliphatic heterocycles. The van der Waals surface area contributed by atoms with Gasteiger partial charge in [0, 0.05) is 13.1 Å². The van der Waals surface area contributed by atoms with Crippen LogP contribution in [0.2, 0.25) is 0 Å². The standard InChI is InChI=1S/C10H15N3O3/c14-8(13-4-2-1-3-5-13)6-7-9(15)12-10(16)11-7/h7H,1-6H2,(H2,11,12,15,16)/t7-/m1/s1. The minimum atomic E-state index is -0.693. The van der Waals surface area contributed by atoms with Crippen LogP contribution >= 0.6 is 0 Å². The molecule has 0 aromatic heterocycles. The van der Waals surface area contributed by atoms with E-state index >= 15 is 0 Å². The van der Waals surface area contributed by atoms with Crippen molar-refractivity contribution in [3.63, 3.8) is 0 Å². The fraction of sp³-hybridized carbons (Fsp3) is 0.700. The first-order valence-electron chi connectivity index (χ1n) is 5.56. The van der Waals surface area contributed by atoms with Crippen LogP contribution in [0.3, 0.4) is 0 Å². The van der Waals surface area contributed by atoms with Gasteiger partial charge in [-0.15, -0.1) is 0 Å². The van der Waals surface area contributed by atoms with E-state index in [1.54, 1.807) is 4.90 Å². The van der Waals surface area contributed by atoms with Crippen LogP contribution in [0.5, 0.6) is 0 Å². The molecule has 2 fully saturated rings. The Bertz CT molecular complexity index is 323. The number of nitrogens with zero attached hydrogens (tertiary/aromatic N) is 1. The minimum Gasteiger partial charge on any atom is -0.343 e. The van der Waals surface area contributed by atoms with Gasteiger partial charge in [-0.2, -0.15) is 0 Å². The molecule has 0 aliphatic carbocycles. The summed E-state index contributed by atoms with van der Waals surface area (Å²) in [6.45, 7) is 1.53. The molecule has 2 saturated heterocycles. The SMILES string of the molecule is O=C1NC(=O)[C@@H](CC(=O)N2CCCCC2)N1. The van der Waals surface area contributed by atoms with Crippen molar-refractivity contribution in [1.29, 1.82) is 0 Å². The van der Waals surface area contributed by atoms with Crippen LogP contribution in [0, 0.1) is 0 Å². The normalized spacial score (nSPS) is 25.2. The van der Waals surface area contributed by atoms with Gasteiger partial charge in [0.2, 0.25) is 5.91 Å². The van der Waals surface area contributed by atoms with Crippen molar-refractivity contribution < 1.29 is 14.4 Å². The Kier molecular flexibility index (Phi) is 3.07. The van der Waals surface area contributed by atoms with Crippen molar-refractivity contribution in [1.82, 2.24) is 15.5 Å². The molecular weight excluding hydrogens is 210 g/mol. The number of likely N-dealkylation sites (tertiary alicyclic amines) is 1. The summed E-state index contributed by atoms with van der Waals surface area (Å²) < 4.78 is 0. The second-order valence-corrected chi connectivity index (χ2v) is 4.16. The van der Waals surface area contributed by atoms with Crippen LogP contribution in [-0.2, 0) is 9.59 Å². The molecule has 2 aliphatic rings. The molecule has 0 radical (unpaired) electrons. The number of nitrogens with one attached hydrogen (secondary N) is 2. The maximum absolute atomic E-state index is 11.8. The Morgan fingerprint density at radius 1 is 1.25 bits per heavy atom. The third-order valence-corrected chi connectivity index (χ3v) is 2.95. The van der Waals surface area contributed by atoms with Crippen molar-refractivity contribution in [3.8, 4) is 0 Å². The van der Waals surface area contributed by atoms with Crippen LogP contribution in [0.15, 0.2) is 0 Å². The van der Waals surface area contributed by atoms with Crippen molar-refractivity contribution in [2.24, 2.45) is 0 Å². The Hall–Kier alpha value is -1.59. The number of hydrogen-bond donors (Lipinski definition) is 2. The molecule has 4 amide bonds. The molecule has 2 rings (SSSR count). The fourth-order valence-electron chi connectivity index (χ4n) is 2.05. The van der Waals surface area contributed by atoms with Gasteiger partial charge in [0.1, 0.15) is 6.04 Å². The Morgan fingerprint density at radius 2 is 1.94 bits per heavy atom. The minimum absolute atomic E-state index is 0.0537. The predicted octanol–water partition coefficient (Wildman–Crippen LogP) is -0.403. The number of urea groups is 1. The van der Waals surface area contributed by atoms with E-state index in [9.17, 15) is 14.4 Å². The molecular formula is C10H15N3O3. The number of hydrogen-bond acceptors (Lipinski definition) is 3. The molecule has 6 nitrogen and oxygen atoms in total. The lowest BCUT2D eigenvalue weighted by molar-refractivity contribution is -0.134. The van der Waals surface area contributed by atoms with Crippen LogP contribution in [0.25, 0.3) is 0 Å². The molecule has 16 heavy (non-hydrogen) atoms. The third kappa shape index (κ3) is 2.32. The van der Waals surface area contributed by atoms with E-state index in [0.717, 1.165) is 32.4 Å². The molecule has 0 unspecified atom stereocenters. The number of carbonyl (C=O) groups is 3. The summed E-state index contributed by atoms with van der Waals surface area (Å²) in [5.74, 6) is -0.461. The lowest BCUT2D eigenvalue weighted by atomic mass is 10.1. The Balaban J connectivity index is 1.86. The van der Waals surface area contributed by atoms with E-state index < -0.39 is 18.0 Å². The maximum Gasteiger partial charge on any atom is 0.322 e. The van der Waals surface area contributed by atoms with Crippen LogP contribution in [0.4, 0.5) is 4.79 Å². The van der Waals surface area contributed by atoms with Gasteiger partial charge in [0.05, 0.1) is 6.42 Å². The summed E-state index contributed by atoms with van der Waals surface area (Å²) in [5, 5.41) is 4.54. The van der Waals surface area contributed by atoms with Crippen molar-refractivity contribution in [3.05, 3.63) is 0 Å². The lowest BCUT2D eigenvalue weighted by Crippen LogP contribution is -2.41. The zero-order valence-electron chi connectivity index (χ0n) is 8.99. The predicted molar refractivity (Wildman–Crippen MR) is 55.5 cm³/mol. The summed E-state index contributed by atoms with van der Waals surface area (Å²) in [6.07, 6.45) is 3.27. The molecule has 0 saturated carbocycles. The van der Waals surface area contributed by atoms with Gasteiger partial charge >= 0.3 is 6.03 Å². The molecule has 0 aromatic carbocycles. The zero-order valence-corrected chi connectivity index (χ0v) is 8.99. The largest absolute Gasteiger partial charge is 0.343 e. The average Bonchev–Trinajstić information content (AvgIpc) is 2.59. The number of imide groups is 1. The molecule has 0 bridgehead atoms. The van der Waals surface area contributed by atoms with Gasteiger partial charge in [-0.05, 0) is 19.3 Å². The van der Waals surface area contributed by atoms with Crippen LogP contribution < -0.4 is 10.6 Å². The maximum atomic E-state index is 11.8. The van der Waals surface area contributed by atoms with E-state index in [2.05, 4.69) is 10.6 Å². The smallest absolute Gasteiger partial charge is 0.322 e. The van der Waals surface area contributed by atoms with Crippen LogP contribution in [-0.4, -0.2) is 41.9 Å². The molecule has 1 atom stereocenters. The Morgan fingerprint density at radius 3 is 2.50 bits per heavy atom. The van der Waals surface area contributed by atoms with Crippen LogP contribution in [0.1, 0.15) is 25.7 Å². The topological polar surface area (TPSA) is 78.5 Å². The van der Waals surface area contributed by atoms with E-state index in [-0.39, 0.29) is 12.3 Å². The molecule has 2 N–H and O–H groups in total. The molecule has 88 valence electrons. The zero-order chi connectivity index (χ0) is 11.5. The summed E-state index contributed by atoms with van der Waals surface area (Å²) >= 11 is 0. The number of piperidine rings is 1. The number of rotatable bonds is 2. The van der Waals surface area contributed by atoms with Gasteiger partial charge in [-0.1, -0.05) is 0 Å². The van der Waals surface area contributed by atoms with E-state index in [0.29, 0.717) is 0 Å². The lowest BCUT2D eigenvalue weighted by Gasteiger charge is -2.27. The van der Waals surface area contributed by atoms with Crippen molar-refractivity contribution in [2.45, 2.75) is 31.7 Å². The van der Waals surface area contributed by atoms with Crippen molar-refractivity contribution in [2.75, 3.05) is 13.1 Å². The highest BCUT2D eigenvalue weighted by atomic mass is 16.2. The van der Waals surface area contributed by atoms with Gasteiger partial charge in [-0.3, -0.25) is 14.9 Å². The quantitative estimate of drug-likeness (QED) is 0.627. The molecule has 0 spiro atoms. The second-order valence-electron chi connectivity index (χ2n) is 4.16. The van der Waals surface area contributed by atoms with Crippen molar-refractivity contribution >= 4 is 17.8 Å². The summed E-state index contributed by atoms with van der Waals surface area (Å²) in [5.41, 5.74) is 0. The summed E-state index contributed by atoms with van der Waals surface area (Å²) in [4.78, 5) is 35.7. The molecule has 6 heteroatoms. The first-order chi connectivity index (χ1) is 7.66. The van der Waals surface area contributed by atoms with E-state index in [1.807, 2.05) is 0 Å². The molecule has 2 heterocycles. The van der Waals surface area contributed by atoms with E-state index in [4.69, 9.17) is 0 Å². The van der Waals surface area contributed by atoms with Gasteiger partial charge in [-0.25, -0.2) is 4.79 Å². The monoisotopic (exact) mass is 225 g/mol. The fourth-order valence-corrected chi connectivity index (χ4v) is 2.05. The summed E-state index contributed by atoms with van der Waals surface area (Å²) in [6, 6.07) is -1.21. The van der Waals surface area contributed by atoms with Gasteiger partial charge < -0.3 is 10.2 Å². The highest BCUT2D eigenvalue weighted by molar-refractivity contribution is 6.05. The second kappa shape index (κ2) is 4.51. The first-order valence-corrected chi connectivity index (χ1v) is 5.56. The number of carbonyl (C=O) groups excluding carboxylic acids is 3.